The van der Waals surface area contributed by atoms with Crippen molar-refractivity contribution < 1.29 is 8.78 Å². The molecule has 1 radical (unpaired) electrons. The minimum absolute atomic E-state index is 0.653. The molecule has 0 saturated heterocycles. The van der Waals surface area contributed by atoms with Crippen LogP contribution in [-0.2, 0) is 0 Å². The zero-order valence-electron chi connectivity index (χ0n) is 3.40. The second-order valence-corrected chi connectivity index (χ2v) is 2.05. The van der Waals surface area contributed by atoms with Gasteiger partial charge < -0.3 is 0 Å². The van der Waals surface area contributed by atoms with Crippen LogP contribution in [0, 0.1) is 5.50 Å². The first kappa shape index (κ1) is 5.09. The van der Waals surface area contributed by atoms with E-state index in [-0.39, 0.29) is 0 Å². The van der Waals surface area contributed by atoms with Crippen LogP contribution in [0.2, 0.25) is 0 Å². The van der Waals surface area contributed by atoms with Crippen LogP contribution in [0.15, 0.2) is 11.5 Å². The molecule has 39 valence electrons. The highest BCUT2D eigenvalue weighted by atomic mass is 32.2. The first-order chi connectivity index (χ1) is 3.30. The van der Waals surface area contributed by atoms with E-state index in [0.29, 0.717) is 0 Å². The van der Waals surface area contributed by atoms with Gasteiger partial charge in [0.1, 0.15) is 0 Å². The van der Waals surface area contributed by atoms with Gasteiger partial charge in [0.2, 0.25) is 5.50 Å². The van der Waals surface area contributed by atoms with Crippen LogP contribution in [0.25, 0.3) is 0 Å². The van der Waals surface area contributed by atoms with E-state index in [1.165, 1.54) is 11.5 Å². The number of halogens is 2. The molecule has 3 heteroatoms. The third-order valence-corrected chi connectivity index (χ3v) is 1.39. The van der Waals surface area contributed by atoms with Crippen LogP contribution in [0.5, 0.6) is 0 Å². The molecule has 0 aromatic carbocycles. The van der Waals surface area contributed by atoms with Gasteiger partial charge in [0.15, 0.2) is 6.17 Å². The summed E-state index contributed by atoms with van der Waals surface area (Å²) < 4.78 is 23.6. The van der Waals surface area contributed by atoms with Gasteiger partial charge in [-0.2, -0.15) is 0 Å². The Bertz CT molecular complexity index is 91.7. The largest absolute Gasteiger partial charge is 0.241 e. The molecule has 1 rings (SSSR count). The zero-order chi connectivity index (χ0) is 5.28. The summed E-state index contributed by atoms with van der Waals surface area (Å²) in [4.78, 5) is 0. The molecule has 0 aromatic rings. The average molecular weight is 121 g/mol. The Balaban J connectivity index is 2.45. The molecule has 0 saturated carbocycles. The van der Waals surface area contributed by atoms with Gasteiger partial charge in [0.05, 0.1) is 0 Å². The smallest absolute Gasteiger partial charge is 0.238 e. The third-order valence-electron chi connectivity index (χ3n) is 0.645. The number of thioether (sulfide) groups is 1. The predicted octanol–water partition coefficient (Wildman–Crippen LogP) is 2.04. The monoisotopic (exact) mass is 121 g/mol. The van der Waals surface area contributed by atoms with E-state index in [9.17, 15) is 8.78 Å². The quantitative estimate of drug-likeness (QED) is 0.472. The molecular formula is C4H3F2S. The van der Waals surface area contributed by atoms with Gasteiger partial charge in [0, 0.05) is 0 Å². The van der Waals surface area contributed by atoms with Gasteiger partial charge in [-0.1, -0.05) is 11.8 Å². The Morgan fingerprint density at radius 2 is 2.43 bits per heavy atom. The minimum Gasteiger partial charge on any atom is -0.238 e. The second-order valence-electron chi connectivity index (χ2n) is 1.15. The van der Waals surface area contributed by atoms with Crippen molar-refractivity contribution in [1.82, 2.24) is 0 Å². The predicted molar refractivity (Wildman–Crippen MR) is 26.0 cm³/mol. The third kappa shape index (κ3) is 0.938. The highest BCUT2D eigenvalue weighted by Crippen LogP contribution is 2.34. The molecule has 1 unspecified atom stereocenters. The standard InChI is InChI=1S/C4H3F2S/c5-3-1-2-7-4(3)6/h1-3H. The Kier molecular flexibility index (Phi) is 1.32. The van der Waals surface area contributed by atoms with Crippen molar-refractivity contribution in [1.29, 1.82) is 0 Å². The van der Waals surface area contributed by atoms with Gasteiger partial charge in [-0.25, -0.2) is 8.78 Å². The highest BCUT2D eigenvalue weighted by molar-refractivity contribution is 8.05. The molecule has 0 bridgehead atoms. The van der Waals surface area contributed by atoms with Crippen molar-refractivity contribution >= 4 is 11.8 Å². The van der Waals surface area contributed by atoms with Crippen molar-refractivity contribution in [3.8, 4) is 0 Å². The fourth-order valence-electron chi connectivity index (χ4n) is 0.314. The SMILES string of the molecule is F[C]1SC=CC1F. The maximum atomic E-state index is 11.8. The first-order valence-corrected chi connectivity index (χ1v) is 2.68. The summed E-state index contributed by atoms with van der Waals surface area (Å²) in [6.07, 6.45) is -0.273. The molecule has 0 amide bonds. The van der Waals surface area contributed by atoms with Gasteiger partial charge >= 0.3 is 0 Å². The number of hydrogen-bond donors (Lipinski definition) is 0. The van der Waals surface area contributed by atoms with Crippen molar-refractivity contribution in [2.24, 2.45) is 0 Å². The topological polar surface area (TPSA) is 0 Å². The van der Waals surface area contributed by atoms with Crippen LogP contribution in [0.3, 0.4) is 0 Å². The zero-order valence-corrected chi connectivity index (χ0v) is 4.21. The average Bonchev–Trinajstić information content (AvgIpc) is 1.91. The molecule has 0 aromatic heterocycles. The van der Waals surface area contributed by atoms with E-state index in [1.54, 1.807) is 0 Å². The first-order valence-electron chi connectivity index (χ1n) is 1.80. The summed E-state index contributed by atoms with van der Waals surface area (Å²) in [6.45, 7) is 0. The molecule has 1 atom stereocenters. The van der Waals surface area contributed by atoms with Crippen molar-refractivity contribution in [3.05, 3.63) is 17.0 Å². The highest BCUT2D eigenvalue weighted by Gasteiger charge is 2.23. The lowest BCUT2D eigenvalue weighted by Gasteiger charge is -1.93. The normalized spacial score (nSPS) is 32.0. The van der Waals surface area contributed by atoms with Gasteiger partial charge in [0.25, 0.3) is 0 Å². The Morgan fingerprint density at radius 3 is 2.57 bits per heavy atom. The Labute approximate surface area is 44.6 Å². The molecule has 0 fully saturated rings. The van der Waals surface area contributed by atoms with Crippen molar-refractivity contribution in [2.45, 2.75) is 6.17 Å². The van der Waals surface area contributed by atoms with E-state index in [2.05, 4.69) is 0 Å². The fraction of sp³-hybridized carbons (Fsp3) is 0.250. The second kappa shape index (κ2) is 1.82. The van der Waals surface area contributed by atoms with Crippen LogP contribution < -0.4 is 0 Å². The van der Waals surface area contributed by atoms with Crippen LogP contribution in [0.4, 0.5) is 8.78 Å². The van der Waals surface area contributed by atoms with E-state index in [0.717, 1.165) is 11.8 Å². The minimum atomic E-state index is -1.45. The number of hydrogen-bond acceptors (Lipinski definition) is 1. The summed E-state index contributed by atoms with van der Waals surface area (Å²) in [5, 5.41) is 1.40. The van der Waals surface area contributed by atoms with Gasteiger partial charge in [-0.05, 0) is 11.5 Å². The molecule has 7 heavy (non-hydrogen) atoms. The fourth-order valence-corrected chi connectivity index (χ4v) is 0.869. The van der Waals surface area contributed by atoms with Gasteiger partial charge in [-0.3, -0.25) is 0 Å². The van der Waals surface area contributed by atoms with Crippen LogP contribution in [0.1, 0.15) is 0 Å². The lowest BCUT2D eigenvalue weighted by Crippen LogP contribution is -1.94. The molecule has 0 N–H and O–H groups in total. The lowest BCUT2D eigenvalue weighted by atomic mass is 10.4. The summed E-state index contributed by atoms with van der Waals surface area (Å²) >= 11 is 0.800. The van der Waals surface area contributed by atoms with Gasteiger partial charge in [-0.15, -0.1) is 0 Å². The van der Waals surface area contributed by atoms with E-state index in [4.69, 9.17) is 0 Å². The molecule has 1 aliphatic rings. The molecular weight excluding hydrogens is 118 g/mol. The molecule has 0 aliphatic carbocycles. The Hall–Kier alpha value is -0.0500. The molecule has 0 spiro atoms. The summed E-state index contributed by atoms with van der Waals surface area (Å²) in [7, 11) is 0. The molecule has 1 heterocycles. The number of allylic oxidation sites excluding steroid dienone is 1. The lowest BCUT2D eigenvalue weighted by molar-refractivity contribution is 0.361. The van der Waals surface area contributed by atoms with Crippen molar-refractivity contribution in [3.63, 3.8) is 0 Å². The van der Waals surface area contributed by atoms with Crippen LogP contribution in [-0.4, -0.2) is 6.17 Å². The van der Waals surface area contributed by atoms with Crippen molar-refractivity contribution in [2.75, 3.05) is 0 Å². The molecule has 0 nitrogen and oxygen atoms in total. The maximum Gasteiger partial charge on any atom is 0.241 e. The number of rotatable bonds is 0. The molecule has 1 aliphatic heterocycles. The van der Waals surface area contributed by atoms with E-state index >= 15 is 0 Å². The Morgan fingerprint density at radius 1 is 1.71 bits per heavy atom. The van der Waals surface area contributed by atoms with E-state index in [1.807, 2.05) is 0 Å². The number of alkyl halides is 1. The van der Waals surface area contributed by atoms with E-state index < -0.39 is 11.7 Å². The van der Waals surface area contributed by atoms with Crippen LogP contribution >= 0.6 is 11.8 Å². The maximum absolute atomic E-state index is 11.8. The summed E-state index contributed by atoms with van der Waals surface area (Å²) in [6, 6.07) is 0. The summed E-state index contributed by atoms with van der Waals surface area (Å²) in [5.74, 6) is 0. The summed E-state index contributed by atoms with van der Waals surface area (Å²) in [5.41, 5.74) is -0.653.